The molecular weight excluding hydrogens is 407 g/mol. The van der Waals surface area contributed by atoms with E-state index in [-0.39, 0.29) is 17.9 Å². The third kappa shape index (κ3) is 5.42. The average molecular weight is 427 g/mol. The number of rotatable bonds is 6. The molecule has 2 aromatic carbocycles. The Labute approximate surface area is 177 Å². The number of halogens is 3. The Morgan fingerprint density at radius 3 is 2.26 bits per heavy atom. The summed E-state index contributed by atoms with van der Waals surface area (Å²) in [4.78, 5) is 9.25. The number of alkyl halides is 3. The molecule has 0 unspecified atom stereocenters. The number of benzene rings is 2. The topological polar surface area (TPSA) is 74.1 Å². The second kappa shape index (κ2) is 8.92. The van der Waals surface area contributed by atoms with Crippen LogP contribution in [0, 0.1) is 11.3 Å². The standard InChI is InChI=1S/C22H20F3N5O/c1-14(2)31-18-10-6-16(7-11-18)28-21-27-13-19(22(23,24)25)20(29-21)30(3)17-8-4-15(12-26)5-9-17/h4-11,13-14H,1-3H3,(H,27,28,29). The molecule has 0 radical (unpaired) electrons. The SMILES string of the molecule is CC(C)Oc1ccc(Nc2ncc(C(F)(F)F)c(N(C)c3ccc(C#N)cc3)n2)cc1. The molecule has 0 fully saturated rings. The minimum atomic E-state index is -4.63. The van der Waals surface area contributed by atoms with E-state index in [9.17, 15) is 13.2 Å². The highest BCUT2D eigenvalue weighted by atomic mass is 19.4. The fourth-order valence-electron chi connectivity index (χ4n) is 2.79. The van der Waals surface area contributed by atoms with Gasteiger partial charge in [0.15, 0.2) is 5.82 Å². The molecular formula is C22H20F3N5O. The second-order valence-electron chi connectivity index (χ2n) is 6.96. The van der Waals surface area contributed by atoms with Crippen molar-refractivity contribution in [2.24, 2.45) is 0 Å². The second-order valence-corrected chi connectivity index (χ2v) is 6.96. The monoisotopic (exact) mass is 427 g/mol. The van der Waals surface area contributed by atoms with Gasteiger partial charge in [-0.1, -0.05) is 0 Å². The molecule has 0 saturated heterocycles. The summed E-state index contributed by atoms with van der Waals surface area (Å²) in [6, 6.07) is 15.1. The van der Waals surface area contributed by atoms with Crippen LogP contribution in [0.1, 0.15) is 25.0 Å². The molecule has 0 aliphatic heterocycles. The van der Waals surface area contributed by atoms with E-state index in [1.807, 2.05) is 19.9 Å². The van der Waals surface area contributed by atoms with Gasteiger partial charge in [0.05, 0.1) is 17.7 Å². The normalized spacial score (nSPS) is 11.2. The number of nitrogens with one attached hydrogen (secondary N) is 1. The van der Waals surface area contributed by atoms with E-state index < -0.39 is 11.7 Å². The number of anilines is 4. The molecule has 3 aromatic rings. The van der Waals surface area contributed by atoms with E-state index in [2.05, 4.69) is 15.3 Å². The highest BCUT2D eigenvalue weighted by Gasteiger charge is 2.36. The van der Waals surface area contributed by atoms with Crippen molar-refractivity contribution in [2.75, 3.05) is 17.3 Å². The van der Waals surface area contributed by atoms with Crippen LogP contribution < -0.4 is 15.0 Å². The van der Waals surface area contributed by atoms with Crippen LogP contribution in [0.25, 0.3) is 0 Å². The minimum absolute atomic E-state index is 0.0148. The average Bonchev–Trinajstić information content (AvgIpc) is 2.73. The molecule has 0 saturated carbocycles. The molecule has 0 atom stereocenters. The first-order valence-corrected chi connectivity index (χ1v) is 9.39. The van der Waals surface area contributed by atoms with Gasteiger partial charge in [0.1, 0.15) is 11.3 Å². The Morgan fingerprint density at radius 2 is 1.71 bits per heavy atom. The molecule has 31 heavy (non-hydrogen) atoms. The number of nitriles is 1. The van der Waals surface area contributed by atoms with Crippen molar-refractivity contribution in [1.29, 1.82) is 5.26 Å². The van der Waals surface area contributed by atoms with Gasteiger partial charge in [-0.15, -0.1) is 0 Å². The van der Waals surface area contributed by atoms with E-state index in [0.717, 1.165) is 6.20 Å². The van der Waals surface area contributed by atoms with Gasteiger partial charge in [-0.2, -0.15) is 23.4 Å². The number of ether oxygens (including phenoxy) is 1. The number of hydrogen-bond donors (Lipinski definition) is 1. The van der Waals surface area contributed by atoms with Crippen LogP contribution in [-0.2, 0) is 6.18 Å². The van der Waals surface area contributed by atoms with Crippen molar-refractivity contribution in [3.8, 4) is 11.8 Å². The van der Waals surface area contributed by atoms with Crippen molar-refractivity contribution < 1.29 is 17.9 Å². The lowest BCUT2D eigenvalue weighted by molar-refractivity contribution is -0.137. The molecule has 1 aromatic heterocycles. The van der Waals surface area contributed by atoms with E-state index in [4.69, 9.17) is 10.00 Å². The maximum Gasteiger partial charge on any atom is 0.421 e. The minimum Gasteiger partial charge on any atom is -0.491 e. The zero-order chi connectivity index (χ0) is 22.6. The van der Waals surface area contributed by atoms with E-state index in [0.29, 0.717) is 22.7 Å². The summed E-state index contributed by atoms with van der Waals surface area (Å²) in [5, 5.41) is 11.8. The van der Waals surface area contributed by atoms with Crippen LogP contribution in [-0.4, -0.2) is 23.1 Å². The van der Waals surface area contributed by atoms with Crippen LogP contribution in [0.15, 0.2) is 54.7 Å². The molecule has 9 heteroatoms. The first-order valence-electron chi connectivity index (χ1n) is 9.39. The third-order valence-electron chi connectivity index (χ3n) is 4.26. The van der Waals surface area contributed by atoms with E-state index in [1.54, 1.807) is 36.4 Å². The summed E-state index contributed by atoms with van der Waals surface area (Å²) in [7, 11) is 1.47. The summed E-state index contributed by atoms with van der Waals surface area (Å²) < 4.78 is 46.3. The Bertz CT molecular complexity index is 1070. The Hall–Kier alpha value is -3.80. The van der Waals surface area contributed by atoms with Gasteiger partial charge in [-0.3, -0.25) is 0 Å². The zero-order valence-electron chi connectivity index (χ0n) is 17.1. The first kappa shape index (κ1) is 21.9. The van der Waals surface area contributed by atoms with Gasteiger partial charge < -0.3 is 15.0 Å². The van der Waals surface area contributed by atoms with E-state index >= 15 is 0 Å². The summed E-state index contributed by atoms with van der Waals surface area (Å²) in [5.41, 5.74) is 0.487. The Kier molecular flexibility index (Phi) is 6.30. The molecule has 0 amide bonds. The first-order chi connectivity index (χ1) is 14.7. The van der Waals surface area contributed by atoms with Gasteiger partial charge in [-0.25, -0.2) is 4.98 Å². The smallest absolute Gasteiger partial charge is 0.421 e. The number of hydrogen-bond acceptors (Lipinski definition) is 6. The lowest BCUT2D eigenvalue weighted by atomic mass is 10.2. The Balaban J connectivity index is 1.92. The van der Waals surface area contributed by atoms with Crippen molar-refractivity contribution in [2.45, 2.75) is 26.1 Å². The van der Waals surface area contributed by atoms with Crippen LogP contribution in [0.3, 0.4) is 0 Å². The highest BCUT2D eigenvalue weighted by molar-refractivity contribution is 5.65. The molecule has 6 nitrogen and oxygen atoms in total. The fraction of sp³-hybridized carbons (Fsp3) is 0.227. The fourth-order valence-corrected chi connectivity index (χ4v) is 2.79. The van der Waals surface area contributed by atoms with Crippen molar-refractivity contribution in [1.82, 2.24) is 9.97 Å². The van der Waals surface area contributed by atoms with Crippen molar-refractivity contribution in [3.05, 3.63) is 65.9 Å². The molecule has 3 rings (SSSR count). The lowest BCUT2D eigenvalue weighted by Crippen LogP contribution is -2.19. The summed E-state index contributed by atoms with van der Waals surface area (Å²) >= 11 is 0. The zero-order valence-corrected chi connectivity index (χ0v) is 17.1. The summed E-state index contributed by atoms with van der Waals surface area (Å²) in [5.74, 6) is 0.380. The molecule has 0 spiro atoms. The highest BCUT2D eigenvalue weighted by Crippen LogP contribution is 2.37. The Morgan fingerprint density at radius 1 is 1.06 bits per heavy atom. The molecule has 1 heterocycles. The van der Waals surface area contributed by atoms with Crippen molar-refractivity contribution >= 4 is 23.1 Å². The largest absolute Gasteiger partial charge is 0.491 e. The van der Waals surface area contributed by atoms with Gasteiger partial charge >= 0.3 is 6.18 Å². The summed E-state index contributed by atoms with van der Waals surface area (Å²) in [6.07, 6.45) is -3.86. The number of nitrogens with zero attached hydrogens (tertiary/aromatic N) is 4. The molecule has 1 N–H and O–H groups in total. The maximum atomic E-state index is 13.6. The van der Waals surface area contributed by atoms with Crippen LogP contribution in [0.2, 0.25) is 0 Å². The maximum absolute atomic E-state index is 13.6. The van der Waals surface area contributed by atoms with Gasteiger partial charge in [0.2, 0.25) is 5.95 Å². The summed E-state index contributed by atoms with van der Waals surface area (Å²) in [6.45, 7) is 3.82. The third-order valence-corrected chi connectivity index (χ3v) is 4.26. The van der Waals surface area contributed by atoms with E-state index in [1.165, 1.54) is 24.1 Å². The van der Waals surface area contributed by atoms with Gasteiger partial charge in [0, 0.05) is 24.6 Å². The van der Waals surface area contributed by atoms with Gasteiger partial charge in [-0.05, 0) is 62.4 Å². The molecule has 0 aliphatic carbocycles. The van der Waals surface area contributed by atoms with Gasteiger partial charge in [0.25, 0.3) is 0 Å². The molecule has 160 valence electrons. The van der Waals surface area contributed by atoms with Crippen LogP contribution in [0.4, 0.5) is 36.3 Å². The molecule has 0 aliphatic rings. The predicted octanol–water partition coefficient (Wildman–Crippen LogP) is 5.67. The van der Waals surface area contributed by atoms with Crippen LogP contribution in [0.5, 0.6) is 5.75 Å². The number of aromatic nitrogens is 2. The lowest BCUT2D eigenvalue weighted by Gasteiger charge is -2.23. The quantitative estimate of drug-likeness (QED) is 0.547. The van der Waals surface area contributed by atoms with Crippen LogP contribution >= 0.6 is 0 Å². The predicted molar refractivity (Wildman–Crippen MR) is 112 cm³/mol. The van der Waals surface area contributed by atoms with Crippen molar-refractivity contribution in [3.63, 3.8) is 0 Å². The molecule has 0 bridgehead atoms.